The van der Waals surface area contributed by atoms with Crippen molar-refractivity contribution in [2.45, 2.75) is 38.5 Å². The molecular formula is C23H24ClN7. The van der Waals surface area contributed by atoms with Gasteiger partial charge in [-0.3, -0.25) is 4.98 Å². The lowest BCUT2D eigenvalue weighted by Crippen LogP contribution is -2.18. The lowest BCUT2D eigenvalue weighted by molar-refractivity contribution is 0.477. The van der Waals surface area contributed by atoms with Crippen molar-refractivity contribution >= 4 is 22.9 Å². The molecule has 0 amide bonds. The van der Waals surface area contributed by atoms with Crippen molar-refractivity contribution in [2.75, 3.05) is 5.32 Å². The molecule has 0 saturated carbocycles. The first kappa shape index (κ1) is 19.8. The first-order chi connectivity index (χ1) is 14.7. The predicted octanol–water partition coefficient (Wildman–Crippen LogP) is 4.88. The molecule has 1 N–H and O–H groups in total. The number of fused-ring (bicyclic) bond motifs is 3. The molecule has 4 heterocycles. The maximum atomic E-state index is 6.51. The molecule has 5 rings (SSSR count). The molecule has 31 heavy (non-hydrogen) atoms. The van der Waals surface area contributed by atoms with E-state index < -0.39 is 0 Å². The van der Waals surface area contributed by atoms with Crippen molar-refractivity contribution in [2.24, 2.45) is 7.05 Å². The van der Waals surface area contributed by atoms with Gasteiger partial charge in [0.15, 0.2) is 5.65 Å². The zero-order valence-electron chi connectivity index (χ0n) is 18.0. The highest BCUT2D eigenvalue weighted by molar-refractivity contribution is 6.33. The molecule has 7 nitrogen and oxygen atoms in total. The van der Waals surface area contributed by atoms with Crippen LogP contribution in [0.25, 0.3) is 17.0 Å². The van der Waals surface area contributed by atoms with Gasteiger partial charge in [0.25, 0.3) is 0 Å². The highest BCUT2D eigenvalue weighted by atomic mass is 35.5. The average Bonchev–Trinajstić information content (AvgIpc) is 3.36. The van der Waals surface area contributed by atoms with Gasteiger partial charge in [-0.1, -0.05) is 32.0 Å². The second-order valence-corrected chi connectivity index (χ2v) is 9.29. The number of pyridine rings is 1. The van der Waals surface area contributed by atoms with E-state index >= 15 is 0 Å². The first-order valence-electron chi connectivity index (χ1n) is 10.2. The van der Waals surface area contributed by atoms with Gasteiger partial charge in [0.1, 0.15) is 11.4 Å². The van der Waals surface area contributed by atoms with E-state index in [1.807, 2.05) is 47.6 Å². The van der Waals surface area contributed by atoms with Crippen LogP contribution in [-0.4, -0.2) is 29.1 Å². The lowest BCUT2D eigenvalue weighted by Gasteiger charge is -2.20. The summed E-state index contributed by atoms with van der Waals surface area (Å²) in [5.74, 6) is 0.112. The fourth-order valence-corrected chi connectivity index (χ4v) is 4.79. The number of aromatic nitrogens is 6. The molecule has 1 atom stereocenters. The zero-order chi connectivity index (χ0) is 21.9. The van der Waals surface area contributed by atoms with Crippen LogP contribution in [0.15, 0.2) is 49.3 Å². The van der Waals surface area contributed by atoms with Crippen molar-refractivity contribution in [1.29, 1.82) is 0 Å². The van der Waals surface area contributed by atoms with E-state index in [1.54, 1.807) is 12.5 Å². The van der Waals surface area contributed by atoms with Crippen LogP contribution in [-0.2, 0) is 12.5 Å². The number of aryl methyl sites for hydroxylation is 2. The van der Waals surface area contributed by atoms with Crippen LogP contribution < -0.4 is 5.32 Å². The molecule has 4 aromatic rings. The quantitative estimate of drug-likeness (QED) is 0.496. The summed E-state index contributed by atoms with van der Waals surface area (Å²) in [7, 11) is 1.92. The predicted molar refractivity (Wildman–Crippen MR) is 122 cm³/mol. The molecule has 0 fully saturated rings. The van der Waals surface area contributed by atoms with Gasteiger partial charge in [0, 0.05) is 48.1 Å². The van der Waals surface area contributed by atoms with Crippen LogP contribution in [0.3, 0.4) is 0 Å². The largest absolute Gasteiger partial charge is 0.358 e. The number of hydrogen-bond donors (Lipinski definition) is 1. The third-order valence-corrected chi connectivity index (χ3v) is 6.17. The molecule has 1 unspecified atom stereocenters. The molecule has 1 aliphatic rings. The Balaban J connectivity index is 1.44. The monoisotopic (exact) mass is 433 g/mol. The number of rotatable bonds is 4. The van der Waals surface area contributed by atoms with Gasteiger partial charge < -0.3 is 9.88 Å². The van der Waals surface area contributed by atoms with Crippen LogP contribution in [0.1, 0.15) is 43.1 Å². The normalized spacial score (nSPS) is 17.1. The van der Waals surface area contributed by atoms with Crippen LogP contribution >= 0.6 is 11.6 Å². The van der Waals surface area contributed by atoms with Gasteiger partial charge >= 0.3 is 0 Å². The molecule has 0 spiro atoms. The Morgan fingerprint density at radius 1 is 1.23 bits per heavy atom. The van der Waals surface area contributed by atoms with Crippen LogP contribution in [0, 0.1) is 6.92 Å². The summed E-state index contributed by atoms with van der Waals surface area (Å²) in [5, 5.41) is 8.64. The van der Waals surface area contributed by atoms with Gasteiger partial charge in [-0.2, -0.15) is 5.10 Å². The third-order valence-electron chi connectivity index (χ3n) is 5.88. The van der Waals surface area contributed by atoms with Gasteiger partial charge in [0.05, 0.1) is 34.6 Å². The smallest absolute Gasteiger partial charge is 0.155 e. The van der Waals surface area contributed by atoms with Crippen molar-refractivity contribution in [3.63, 3.8) is 0 Å². The summed E-state index contributed by atoms with van der Waals surface area (Å²) in [6.45, 7) is 10.8. The molecule has 0 radical (unpaired) electrons. The molecule has 0 bridgehead atoms. The highest BCUT2D eigenvalue weighted by Gasteiger charge is 2.41. The second kappa shape index (κ2) is 6.92. The van der Waals surface area contributed by atoms with Gasteiger partial charge in [0.2, 0.25) is 0 Å². The minimum absolute atomic E-state index is 0.0526. The van der Waals surface area contributed by atoms with Gasteiger partial charge in [-0.25, -0.2) is 14.5 Å². The summed E-state index contributed by atoms with van der Waals surface area (Å²) < 4.78 is 3.85. The van der Waals surface area contributed by atoms with E-state index in [1.165, 1.54) is 5.69 Å². The standard InChI is InChI=1S/C23H24ClN7/c1-13-6-20-25-10-17-16(8-23(3,4)22(17)31(20)29-13)14(2)28-15-7-18(24)21(26-9-15)19-11-30(5)12-27-19/h6-7,9-12,16,28H,2,8H2,1,3-5H3. The summed E-state index contributed by atoms with van der Waals surface area (Å²) >= 11 is 6.51. The van der Waals surface area contributed by atoms with E-state index in [9.17, 15) is 0 Å². The molecule has 0 aliphatic heterocycles. The number of imidazole rings is 1. The van der Waals surface area contributed by atoms with E-state index in [4.69, 9.17) is 11.6 Å². The lowest BCUT2D eigenvalue weighted by atomic mass is 9.88. The van der Waals surface area contributed by atoms with Crippen molar-refractivity contribution < 1.29 is 0 Å². The fourth-order valence-electron chi connectivity index (χ4n) is 4.52. The zero-order valence-corrected chi connectivity index (χ0v) is 18.8. The van der Waals surface area contributed by atoms with Gasteiger partial charge in [-0.15, -0.1) is 0 Å². The van der Waals surface area contributed by atoms with Crippen molar-refractivity contribution in [3.8, 4) is 11.4 Å². The van der Waals surface area contributed by atoms with E-state index in [0.29, 0.717) is 10.7 Å². The fraction of sp³-hybridized carbons (Fsp3) is 0.304. The van der Waals surface area contributed by atoms with Gasteiger partial charge in [-0.05, 0) is 19.4 Å². The molecule has 0 aromatic carbocycles. The van der Waals surface area contributed by atoms with E-state index in [0.717, 1.165) is 40.4 Å². The molecule has 158 valence electrons. The molecule has 8 heteroatoms. The maximum Gasteiger partial charge on any atom is 0.155 e. The molecule has 1 aliphatic carbocycles. The SMILES string of the molecule is C=C(Nc1cnc(-c2cn(C)cn2)c(Cl)c1)C1CC(C)(C)c2c1cnc1cc(C)nn21. The number of hydrogen-bond acceptors (Lipinski definition) is 5. The average molecular weight is 434 g/mol. The summed E-state index contributed by atoms with van der Waals surface area (Å²) in [6, 6.07) is 3.87. The third kappa shape index (κ3) is 3.29. The summed E-state index contributed by atoms with van der Waals surface area (Å²) in [4.78, 5) is 13.5. The Morgan fingerprint density at radius 3 is 2.74 bits per heavy atom. The minimum Gasteiger partial charge on any atom is -0.358 e. The first-order valence-corrected chi connectivity index (χ1v) is 10.6. The van der Waals surface area contributed by atoms with Crippen LogP contribution in [0.5, 0.6) is 0 Å². The van der Waals surface area contributed by atoms with E-state index in [2.05, 4.69) is 45.8 Å². The Bertz CT molecular complexity index is 1330. The maximum absolute atomic E-state index is 6.51. The minimum atomic E-state index is -0.0526. The Morgan fingerprint density at radius 2 is 2.03 bits per heavy atom. The number of anilines is 1. The van der Waals surface area contributed by atoms with Crippen LogP contribution in [0.4, 0.5) is 5.69 Å². The molecular weight excluding hydrogens is 410 g/mol. The number of allylic oxidation sites excluding steroid dienone is 1. The second-order valence-electron chi connectivity index (χ2n) is 8.89. The molecule has 4 aromatic heterocycles. The highest BCUT2D eigenvalue weighted by Crippen LogP contribution is 2.48. The number of nitrogens with one attached hydrogen (secondary N) is 1. The Labute approximate surface area is 185 Å². The van der Waals surface area contributed by atoms with Crippen molar-refractivity contribution in [1.82, 2.24) is 29.1 Å². The van der Waals surface area contributed by atoms with E-state index in [-0.39, 0.29) is 11.3 Å². The summed E-state index contributed by atoms with van der Waals surface area (Å²) in [5.41, 5.74) is 7.23. The topological polar surface area (TPSA) is 72.9 Å². The summed E-state index contributed by atoms with van der Waals surface area (Å²) in [6.07, 6.45) is 8.27. The molecule has 0 saturated heterocycles. The van der Waals surface area contributed by atoms with Crippen molar-refractivity contribution in [3.05, 3.63) is 71.3 Å². The van der Waals surface area contributed by atoms with Crippen LogP contribution in [0.2, 0.25) is 5.02 Å². The number of nitrogens with zero attached hydrogens (tertiary/aromatic N) is 6. The Hall–Kier alpha value is -3.19. The number of halogens is 1. The Kier molecular flexibility index (Phi) is 4.41.